The summed E-state index contributed by atoms with van der Waals surface area (Å²) in [5.41, 5.74) is 0. The molecule has 0 amide bonds. The zero-order chi connectivity index (χ0) is 10.4. The van der Waals surface area contributed by atoms with Gasteiger partial charge in [-0.05, 0) is 62.2 Å². The van der Waals surface area contributed by atoms with Crippen molar-refractivity contribution >= 4 is 0 Å². The minimum Gasteiger partial charge on any atom is -0.390 e. The number of aliphatic hydroxyl groups excluding tert-OH is 2. The first kappa shape index (κ1) is 10.1. The molecule has 0 aromatic heterocycles. The first-order valence-corrected chi connectivity index (χ1v) is 6.60. The smallest absolute Gasteiger partial charge is 0.0801 e. The fourth-order valence-electron chi connectivity index (χ4n) is 4.42. The Balaban J connectivity index is 1.63. The zero-order valence-electron chi connectivity index (χ0n) is 9.31. The third-order valence-electron chi connectivity index (χ3n) is 5.22. The van der Waals surface area contributed by atoms with Gasteiger partial charge in [0.15, 0.2) is 0 Å². The van der Waals surface area contributed by atoms with Crippen LogP contribution in [0.4, 0.5) is 0 Å². The average Bonchev–Trinajstić information content (AvgIpc) is 2.83. The Morgan fingerprint density at radius 3 is 2.00 bits per heavy atom. The van der Waals surface area contributed by atoms with Gasteiger partial charge in [-0.25, -0.2) is 0 Å². The Bertz CT molecular complexity index is 241. The zero-order valence-corrected chi connectivity index (χ0v) is 9.31. The largest absolute Gasteiger partial charge is 0.390 e. The van der Waals surface area contributed by atoms with Crippen LogP contribution in [0.15, 0.2) is 0 Å². The van der Waals surface area contributed by atoms with Gasteiger partial charge >= 0.3 is 0 Å². The number of rotatable bonds is 1. The van der Waals surface area contributed by atoms with Crippen molar-refractivity contribution in [2.45, 2.75) is 57.2 Å². The minimum absolute atomic E-state index is 0.442. The predicted octanol–water partition coefficient (Wildman–Crippen LogP) is 1.94. The average molecular weight is 210 g/mol. The Morgan fingerprint density at radius 2 is 1.40 bits per heavy atom. The number of fused-ring (bicyclic) bond motifs is 2. The molecule has 3 aliphatic rings. The van der Waals surface area contributed by atoms with Gasteiger partial charge in [0, 0.05) is 0 Å². The van der Waals surface area contributed by atoms with Gasteiger partial charge in [0.2, 0.25) is 0 Å². The molecule has 0 aromatic carbocycles. The second-order valence-corrected chi connectivity index (χ2v) is 6.05. The van der Waals surface area contributed by atoms with Crippen molar-refractivity contribution in [3.05, 3.63) is 0 Å². The quantitative estimate of drug-likeness (QED) is 0.694. The van der Waals surface area contributed by atoms with Crippen LogP contribution >= 0.6 is 0 Å². The molecule has 3 saturated carbocycles. The van der Waals surface area contributed by atoms with Crippen LogP contribution in [-0.4, -0.2) is 22.4 Å². The van der Waals surface area contributed by atoms with Crippen LogP contribution < -0.4 is 0 Å². The molecular formula is C13H22O2. The van der Waals surface area contributed by atoms with Gasteiger partial charge in [0.05, 0.1) is 12.2 Å². The van der Waals surface area contributed by atoms with E-state index in [1.165, 1.54) is 25.7 Å². The summed E-state index contributed by atoms with van der Waals surface area (Å²) in [7, 11) is 0. The number of aliphatic hydroxyl groups is 2. The topological polar surface area (TPSA) is 40.5 Å². The van der Waals surface area contributed by atoms with E-state index in [9.17, 15) is 10.2 Å². The summed E-state index contributed by atoms with van der Waals surface area (Å²) in [4.78, 5) is 0. The Kier molecular flexibility index (Phi) is 2.52. The van der Waals surface area contributed by atoms with E-state index in [0.717, 1.165) is 37.0 Å². The van der Waals surface area contributed by atoms with Gasteiger partial charge in [0.1, 0.15) is 0 Å². The lowest BCUT2D eigenvalue weighted by molar-refractivity contribution is -0.0392. The van der Waals surface area contributed by atoms with Crippen molar-refractivity contribution in [1.82, 2.24) is 0 Å². The molecular weight excluding hydrogens is 188 g/mol. The summed E-state index contributed by atoms with van der Waals surface area (Å²) >= 11 is 0. The van der Waals surface area contributed by atoms with Crippen LogP contribution in [0.25, 0.3) is 0 Å². The normalized spacial score (nSPS) is 54.8. The molecule has 2 N–H and O–H groups in total. The fourth-order valence-corrected chi connectivity index (χ4v) is 4.42. The minimum atomic E-state index is -0.445. The molecule has 0 saturated heterocycles. The number of hydrogen-bond acceptors (Lipinski definition) is 2. The van der Waals surface area contributed by atoms with Crippen LogP contribution in [-0.2, 0) is 0 Å². The van der Waals surface area contributed by atoms with Gasteiger partial charge in [-0.3, -0.25) is 0 Å². The SMILES string of the molecule is O[C@@H]1CC[C@H]([C@H]2C[C@H]3CC[C@H]2C3)C[C@H]1O. The van der Waals surface area contributed by atoms with Crippen molar-refractivity contribution in [2.75, 3.05) is 0 Å². The molecule has 3 fully saturated rings. The second-order valence-electron chi connectivity index (χ2n) is 6.05. The van der Waals surface area contributed by atoms with Gasteiger partial charge < -0.3 is 10.2 Å². The van der Waals surface area contributed by atoms with Crippen LogP contribution in [0.3, 0.4) is 0 Å². The Morgan fingerprint density at radius 1 is 0.667 bits per heavy atom. The van der Waals surface area contributed by atoms with Crippen molar-refractivity contribution in [1.29, 1.82) is 0 Å². The van der Waals surface area contributed by atoms with Crippen LogP contribution in [0.5, 0.6) is 0 Å². The monoisotopic (exact) mass is 210 g/mol. The molecule has 0 aliphatic heterocycles. The van der Waals surface area contributed by atoms with Crippen molar-refractivity contribution in [3.63, 3.8) is 0 Å². The third-order valence-corrected chi connectivity index (χ3v) is 5.22. The molecule has 0 spiro atoms. The molecule has 2 bridgehead atoms. The van der Waals surface area contributed by atoms with E-state index < -0.39 is 12.2 Å². The lowest BCUT2D eigenvalue weighted by atomic mass is 9.71. The van der Waals surface area contributed by atoms with Gasteiger partial charge in [-0.1, -0.05) is 6.42 Å². The first-order valence-electron chi connectivity index (χ1n) is 6.60. The standard InChI is InChI=1S/C13H22O2/c14-12-4-3-10(7-13(12)15)11-6-8-1-2-9(11)5-8/h8-15H,1-7H2/t8-,9-,10-,11-,12+,13+/m0/s1. The van der Waals surface area contributed by atoms with E-state index in [0.29, 0.717) is 5.92 Å². The molecule has 0 unspecified atom stereocenters. The molecule has 2 heteroatoms. The summed E-state index contributed by atoms with van der Waals surface area (Å²) < 4.78 is 0. The Labute approximate surface area is 91.7 Å². The van der Waals surface area contributed by atoms with Crippen molar-refractivity contribution < 1.29 is 10.2 Å². The summed E-state index contributed by atoms with van der Waals surface area (Å²) in [5, 5.41) is 19.2. The fraction of sp³-hybridized carbons (Fsp3) is 1.00. The maximum Gasteiger partial charge on any atom is 0.0801 e. The van der Waals surface area contributed by atoms with Crippen LogP contribution in [0.2, 0.25) is 0 Å². The predicted molar refractivity (Wildman–Crippen MR) is 58.3 cm³/mol. The van der Waals surface area contributed by atoms with E-state index in [1.807, 2.05) is 0 Å². The molecule has 6 atom stereocenters. The van der Waals surface area contributed by atoms with E-state index in [-0.39, 0.29) is 0 Å². The van der Waals surface area contributed by atoms with Gasteiger partial charge in [-0.2, -0.15) is 0 Å². The maximum atomic E-state index is 9.73. The van der Waals surface area contributed by atoms with Crippen molar-refractivity contribution in [3.8, 4) is 0 Å². The maximum absolute atomic E-state index is 9.73. The highest BCUT2D eigenvalue weighted by atomic mass is 16.3. The second kappa shape index (κ2) is 3.74. The highest BCUT2D eigenvalue weighted by Crippen LogP contribution is 2.53. The number of hydrogen-bond donors (Lipinski definition) is 2. The highest BCUT2D eigenvalue weighted by Gasteiger charge is 2.44. The van der Waals surface area contributed by atoms with Crippen LogP contribution in [0, 0.1) is 23.7 Å². The van der Waals surface area contributed by atoms with E-state index in [1.54, 1.807) is 0 Å². The van der Waals surface area contributed by atoms with E-state index in [4.69, 9.17) is 0 Å². The molecule has 86 valence electrons. The van der Waals surface area contributed by atoms with E-state index >= 15 is 0 Å². The summed E-state index contributed by atoms with van der Waals surface area (Å²) in [6, 6.07) is 0. The summed E-state index contributed by atoms with van der Waals surface area (Å²) in [6.45, 7) is 0. The lowest BCUT2D eigenvalue weighted by Gasteiger charge is -2.37. The molecule has 0 aromatic rings. The van der Waals surface area contributed by atoms with Crippen LogP contribution in [0.1, 0.15) is 44.9 Å². The summed E-state index contributed by atoms with van der Waals surface area (Å²) in [5.74, 6) is 3.55. The third kappa shape index (κ3) is 1.72. The Hall–Kier alpha value is -0.0800. The molecule has 15 heavy (non-hydrogen) atoms. The molecule has 0 radical (unpaired) electrons. The molecule has 3 aliphatic carbocycles. The first-order chi connectivity index (χ1) is 7.24. The summed E-state index contributed by atoms with van der Waals surface area (Å²) in [6.07, 6.45) is 7.70. The van der Waals surface area contributed by atoms with Gasteiger partial charge in [0.25, 0.3) is 0 Å². The van der Waals surface area contributed by atoms with Crippen molar-refractivity contribution in [2.24, 2.45) is 23.7 Å². The molecule has 0 heterocycles. The molecule has 2 nitrogen and oxygen atoms in total. The van der Waals surface area contributed by atoms with E-state index in [2.05, 4.69) is 0 Å². The van der Waals surface area contributed by atoms with Gasteiger partial charge in [-0.15, -0.1) is 0 Å². The molecule has 3 rings (SSSR count). The highest BCUT2D eigenvalue weighted by molar-refractivity contribution is 4.95. The lowest BCUT2D eigenvalue weighted by Crippen LogP contribution is -2.37.